The van der Waals surface area contributed by atoms with Crippen molar-refractivity contribution in [3.05, 3.63) is 35.1 Å². The molecule has 1 aliphatic rings. The fourth-order valence-electron chi connectivity index (χ4n) is 1.68. The number of ether oxygens (including phenoxy) is 2. The van der Waals surface area contributed by atoms with Crippen LogP contribution in [0.5, 0.6) is 0 Å². The van der Waals surface area contributed by atoms with E-state index in [4.69, 9.17) is 9.47 Å². The molecule has 0 radical (unpaired) electrons. The monoisotopic (exact) mass is 224 g/mol. The maximum Gasteiger partial charge on any atom is 0.168 e. The summed E-state index contributed by atoms with van der Waals surface area (Å²) in [6.07, 6.45) is -0.334. The number of carbonyl (C=O) groups is 1. The molecule has 1 saturated heterocycles. The van der Waals surface area contributed by atoms with Crippen molar-refractivity contribution in [1.29, 1.82) is 0 Å². The van der Waals surface area contributed by atoms with Gasteiger partial charge in [-0.15, -0.1) is 0 Å². The molecular formula is C12H13FO3. The Kier molecular flexibility index (Phi) is 3.31. The van der Waals surface area contributed by atoms with E-state index in [0.29, 0.717) is 18.8 Å². The topological polar surface area (TPSA) is 35.5 Å². The first-order valence-corrected chi connectivity index (χ1v) is 5.19. The van der Waals surface area contributed by atoms with Crippen molar-refractivity contribution < 1.29 is 18.7 Å². The largest absolute Gasteiger partial charge is 0.350 e. The van der Waals surface area contributed by atoms with Crippen LogP contribution in [0.1, 0.15) is 22.3 Å². The van der Waals surface area contributed by atoms with E-state index in [1.165, 1.54) is 12.1 Å². The van der Waals surface area contributed by atoms with E-state index in [9.17, 15) is 9.18 Å². The third kappa shape index (κ3) is 2.46. The van der Waals surface area contributed by atoms with Crippen LogP contribution in [0.25, 0.3) is 0 Å². The standard InChI is InChI=1S/C12H13FO3/c1-8-2-3-9(13)6-10(8)11(14)7-12-15-4-5-16-12/h2-3,6,12H,4-5,7H2,1H3. The van der Waals surface area contributed by atoms with Crippen LogP contribution in [0.15, 0.2) is 18.2 Å². The Morgan fingerprint density at radius 3 is 2.81 bits per heavy atom. The Morgan fingerprint density at radius 2 is 2.12 bits per heavy atom. The van der Waals surface area contributed by atoms with Gasteiger partial charge in [0.05, 0.1) is 19.6 Å². The van der Waals surface area contributed by atoms with Crippen molar-refractivity contribution in [2.24, 2.45) is 0 Å². The summed E-state index contributed by atoms with van der Waals surface area (Å²) in [5.74, 6) is -0.550. The number of halogens is 1. The van der Waals surface area contributed by atoms with Gasteiger partial charge in [0, 0.05) is 5.56 Å². The van der Waals surface area contributed by atoms with Crippen molar-refractivity contribution >= 4 is 5.78 Å². The van der Waals surface area contributed by atoms with Crippen LogP contribution in [0, 0.1) is 12.7 Å². The SMILES string of the molecule is Cc1ccc(F)cc1C(=O)CC1OCCO1. The van der Waals surface area contributed by atoms with Gasteiger partial charge in [0.2, 0.25) is 0 Å². The van der Waals surface area contributed by atoms with Crippen LogP contribution in [0.2, 0.25) is 0 Å². The molecule has 3 nitrogen and oxygen atoms in total. The summed E-state index contributed by atoms with van der Waals surface area (Å²) in [5.41, 5.74) is 1.17. The second kappa shape index (κ2) is 4.72. The highest BCUT2D eigenvalue weighted by Gasteiger charge is 2.21. The van der Waals surface area contributed by atoms with Gasteiger partial charge in [-0.05, 0) is 24.6 Å². The predicted octanol–water partition coefficient (Wildman–Crippen LogP) is 2.08. The third-order valence-electron chi connectivity index (χ3n) is 2.54. The minimum atomic E-state index is -0.477. The number of ketones is 1. The van der Waals surface area contributed by atoms with Crippen LogP contribution in [0.4, 0.5) is 4.39 Å². The highest BCUT2D eigenvalue weighted by atomic mass is 19.1. The number of hydrogen-bond donors (Lipinski definition) is 0. The van der Waals surface area contributed by atoms with Crippen LogP contribution in [-0.4, -0.2) is 25.3 Å². The Hall–Kier alpha value is -1.26. The summed E-state index contributed by atoms with van der Waals surface area (Å²) in [5, 5.41) is 0. The van der Waals surface area contributed by atoms with E-state index >= 15 is 0 Å². The lowest BCUT2D eigenvalue weighted by Crippen LogP contribution is -2.15. The van der Waals surface area contributed by atoms with Crippen molar-refractivity contribution in [3.63, 3.8) is 0 Å². The summed E-state index contributed by atoms with van der Waals surface area (Å²) >= 11 is 0. The van der Waals surface area contributed by atoms with Crippen molar-refractivity contribution in [2.75, 3.05) is 13.2 Å². The van der Waals surface area contributed by atoms with Crippen LogP contribution in [0.3, 0.4) is 0 Å². The van der Waals surface area contributed by atoms with E-state index < -0.39 is 12.1 Å². The number of rotatable bonds is 3. The zero-order valence-corrected chi connectivity index (χ0v) is 9.03. The average molecular weight is 224 g/mol. The Balaban J connectivity index is 2.10. The molecule has 0 spiro atoms. The molecule has 0 atom stereocenters. The quantitative estimate of drug-likeness (QED) is 0.737. The molecule has 86 valence electrons. The Bertz CT molecular complexity index is 397. The highest BCUT2D eigenvalue weighted by Crippen LogP contribution is 2.16. The molecule has 0 amide bonds. The first kappa shape index (κ1) is 11.2. The second-order valence-corrected chi connectivity index (χ2v) is 3.76. The first-order valence-electron chi connectivity index (χ1n) is 5.19. The number of hydrogen-bond acceptors (Lipinski definition) is 3. The third-order valence-corrected chi connectivity index (χ3v) is 2.54. The van der Waals surface area contributed by atoms with Gasteiger partial charge >= 0.3 is 0 Å². The van der Waals surface area contributed by atoms with Crippen LogP contribution >= 0.6 is 0 Å². The molecule has 1 fully saturated rings. The lowest BCUT2D eigenvalue weighted by atomic mass is 10.0. The van der Waals surface area contributed by atoms with E-state index in [-0.39, 0.29) is 12.2 Å². The Labute approximate surface area is 93.2 Å². The molecule has 1 aromatic carbocycles. The molecule has 0 saturated carbocycles. The first-order chi connectivity index (χ1) is 7.66. The van der Waals surface area contributed by atoms with Crippen LogP contribution in [-0.2, 0) is 9.47 Å². The fraction of sp³-hybridized carbons (Fsp3) is 0.417. The number of Topliss-reactive ketones (excluding diaryl/α,β-unsaturated/α-hetero) is 1. The summed E-state index contributed by atoms with van der Waals surface area (Å²) in [4.78, 5) is 11.8. The molecule has 16 heavy (non-hydrogen) atoms. The van der Waals surface area contributed by atoms with Crippen molar-refractivity contribution in [2.45, 2.75) is 19.6 Å². The molecule has 1 aliphatic heterocycles. The lowest BCUT2D eigenvalue weighted by Gasteiger charge is -2.09. The average Bonchev–Trinajstić information content (AvgIpc) is 2.74. The molecular weight excluding hydrogens is 211 g/mol. The zero-order chi connectivity index (χ0) is 11.5. The van der Waals surface area contributed by atoms with Gasteiger partial charge in [-0.1, -0.05) is 6.07 Å². The predicted molar refractivity (Wildman–Crippen MR) is 55.8 cm³/mol. The van der Waals surface area contributed by atoms with Gasteiger partial charge in [0.15, 0.2) is 12.1 Å². The number of carbonyl (C=O) groups excluding carboxylic acids is 1. The smallest absolute Gasteiger partial charge is 0.168 e. The van der Waals surface area contributed by atoms with E-state index in [2.05, 4.69) is 0 Å². The summed E-state index contributed by atoms with van der Waals surface area (Å²) in [6, 6.07) is 4.19. The molecule has 1 aromatic rings. The fourth-order valence-corrected chi connectivity index (χ4v) is 1.68. The molecule has 0 unspecified atom stereocenters. The van der Waals surface area contributed by atoms with E-state index in [0.717, 1.165) is 5.56 Å². The van der Waals surface area contributed by atoms with Crippen molar-refractivity contribution in [3.8, 4) is 0 Å². The molecule has 0 bridgehead atoms. The number of benzene rings is 1. The lowest BCUT2D eigenvalue weighted by molar-refractivity contribution is -0.0407. The minimum Gasteiger partial charge on any atom is -0.350 e. The van der Waals surface area contributed by atoms with E-state index in [1.807, 2.05) is 0 Å². The normalized spacial score (nSPS) is 16.6. The molecule has 1 heterocycles. The van der Waals surface area contributed by atoms with E-state index in [1.54, 1.807) is 13.0 Å². The maximum absolute atomic E-state index is 13.0. The highest BCUT2D eigenvalue weighted by molar-refractivity contribution is 5.97. The van der Waals surface area contributed by atoms with Gasteiger partial charge in [-0.3, -0.25) is 4.79 Å². The van der Waals surface area contributed by atoms with Gasteiger partial charge in [-0.2, -0.15) is 0 Å². The van der Waals surface area contributed by atoms with Crippen LogP contribution < -0.4 is 0 Å². The number of aryl methyl sites for hydroxylation is 1. The Morgan fingerprint density at radius 1 is 1.44 bits per heavy atom. The molecule has 0 N–H and O–H groups in total. The summed E-state index contributed by atoms with van der Waals surface area (Å²) in [6.45, 7) is 2.81. The molecule has 0 aliphatic carbocycles. The van der Waals surface area contributed by atoms with Gasteiger partial charge in [-0.25, -0.2) is 4.39 Å². The second-order valence-electron chi connectivity index (χ2n) is 3.76. The maximum atomic E-state index is 13.0. The summed E-state index contributed by atoms with van der Waals surface area (Å²) < 4.78 is 23.4. The van der Waals surface area contributed by atoms with Gasteiger partial charge < -0.3 is 9.47 Å². The van der Waals surface area contributed by atoms with Gasteiger partial charge in [0.1, 0.15) is 5.82 Å². The molecule has 2 rings (SSSR count). The summed E-state index contributed by atoms with van der Waals surface area (Å²) in [7, 11) is 0. The molecule has 0 aromatic heterocycles. The molecule has 4 heteroatoms. The minimum absolute atomic E-state index is 0.143. The zero-order valence-electron chi connectivity index (χ0n) is 9.03. The van der Waals surface area contributed by atoms with Gasteiger partial charge in [0.25, 0.3) is 0 Å². The van der Waals surface area contributed by atoms with Crippen molar-refractivity contribution in [1.82, 2.24) is 0 Å².